The Bertz CT molecular complexity index is 1290. The van der Waals surface area contributed by atoms with Crippen molar-refractivity contribution in [3.8, 4) is 0 Å². The van der Waals surface area contributed by atoms with Crippen molar-refractivity contribution in [2.75, 3.05) is 0 Å². The van der Waals surface area contributed by atoms with E-state index in [-0.39, 0.29) is 0 Å². The first-order valence-corrected chi connectivity index (χ1v) is 14.6. The number of alkyl halides is 6. The van der Waals surface area contributed by atoms with E-state index in [4.69, 9.17) is 0 Å². The van der Waals surface area contributed by atoms with Crippen LogP contribution in [-0.2, 0) is 10.1 Å². The molecule has 4 rings (SSSR count). The van der Waals surface area contributed by atoms with Gasteiger partial charge in [-0.3, -0.25) is 0 Å². The Morgan fingerprint density at radius 2 is 0.769 bits per heavy atom. The number of halogens is 6. The number of rotatable bonds is 7. The van der Waals surface area contributed by atoms with E-state index in [0.717, 1.165) is 0 Å². The van der Waals surface area contributed by atoms with Gasteiger partial charge in [-0.15, -0.1) is 0 Å². The van der Waals surface area contributed by atoms with Gasteiger partial charge in [-0.2, -0.15) is 26.3 Å². The lowest BCUT2D eigenvalue weighted by Gasteiger charge is -2.31. The van der Waals surface area contributed by atoms with Crippen LogP contribution in [0, 0.1) is 0 Å². The lowest BCUT2D eigenvalue weighted by molar-refractivity contribution is -0.273. The van der Waals surface area contributed by atoms with E-state index in [9.17, 15) is 39.3 Å². The molecule has 0 radical (unpaired) electrons. The molecular weight excluding hydrogens is 561 g/mol. The quantitative estimate of drug-likeness (QED) is 0.159. The Morgan fingerprint density at radius 3 is 0.923 bits per heavy atom. The first-order chi connectivity index (χ1) is 18.2. The second kappa shape index (κ2) is 11.5. The van der Waals surface area contributed by atoms with Gasteiger partial charge in [0, 0.05) is 6.92 Å². The molecule has 0 aliphatic rings. The van der Waals surface area contributed by atoms with Crippen LogP contribution >= 0.6 is 7.26 Å². The summed E-state index contributed by atoms with van der Waals surface area (Å²) in [7, 11) is -8.76. The van der Waals surface area contributed by atoms with Crippen molar-refractivity contribution < 1.29 is 39.3 Å². The summed E-state index contributed by atoms with van der Waals surface area (Å²) < 4.78 is 101. The van der Waals surface area contributed by atoms with E-state index in [0.29, 0.717) is 0 Å². The van der Waals surface area contributed by atoms with Crippen LogP contribution in [0.5, 0.6) is 0 Å². The van der Waals surface area contributed by atoms with Crippen LogP contribution in [0.1, 0.15) is 6.92 Å². The summed E-state index contributed by atoms with van der Waals surface area (Å²) in [5.74, 6) is -11.6. The Kier molecular flexibility index (Phi) is 8.95. The summed E-state index contributed by atoms with van der Waals surface area (Å²) in [6.07, 6.45) is 0. The zero-order valence-corrected chi connectivity index (χ0v) is 22.1. The minimum Gasteiger partial charge on any atom is -0.743 e. The molecule has 39 heavy (non-hydrogen) atoms. The Hall–Kier alpha value is -3.20. The van der Waals surface area contributed by atoms with Crippen LogP contribution < -0.4 is 21.2 Å². The van der Waals surface area contributed by atoms with Crippen LogP contribution in [-0.4, -0.2) is 30.1 Å². The van der Waals surface area contributed by atoms with Gasteiger partial charge in [-0.1, -0.05) is 72.8 Å². The molecule has 4 aromatic rings. The molecule has 0 spiro atoms. The SMILES string of the molecule is CC(F)(F)C(F)(F)C(F)(F)S(=O)(=O)[O-].c1ccc([P+](c2ccccc2)(c2ccccc2)c2ccccc2)cc1. The Labute approximate surface area is 223 Å². The average molecular weight is 585 g/mol. The highest BCUT2D eigenvalue weighted by Gasteiger charge is 2.72. The summed E-state index contributed by atoms with van der Waals surface area (Å²) in [6, 6.07) is 43.8. The summed E-state index contributed by atoms with van der Waals surface area (Å²) in [4.78, 5) is 0. The Balaban J connectivity index is 0.000000258. The molecule has 3 nitrogen and oxygen atoms in total. The molecule has 0 aromatic heterocycles. The monoisotopic (exact) mass is 584 g/mol. The lowest BCUT2D eigenvalue weighted by Crippen LogP contribution is -2.56. The second-order valence-corrected chi connectivity index (χ2v) is 13.3. The summed E-state index contributed by atoms with van der Waals surface area (Å²) in [5.41, 5.74) is 0. The molecule has 0 aliphatic heterocycles. The average Bonchev–Trinajstić information content (AvgIpc) is 2.91. The topological polar surface area (TPSA) is 57.2 Å². The van der Waals surface area contributed by atoms with Gasteiger partial charge < -0.3 is 4.55 Å². The van der Waals surface area contributed by atoms with Gasteiger partial charge in [0.05, 0.1) is 0 Å². The minimum atomic E-state index is -6.86. The largest absolute Gasteiger partial charge is 0.743 e. The minimum absolute atomic E-state index is 0.619. The van der Waals surface area contributed by atoms with E-state index in [1.807, 2.05) is 0 Å². The normalized spacial score (nSPS) is 12.8. The van der Waals surface area contributed by atoms with E-state index >= 15 is 0 Å². The van der Waals surface area contributed by atoms with Crippen molar-refractivity contribution in [3.63, 3.8) is 0 Å². The maximum atomic E-state index is 12.1. The van der Waals surface area contributed by atoms with Gasteiger partial charge in [0.2, 0.25) is 0 Å². The molecule has 0 aliphatic carbocycles. The van der Waals surface area contributed by atoms with E-state index in [1.54, 1.807) is 0 Å². The molecular formula is C28H23F6O3PS. The fourth-order valence-electron chi connectivity index (χ4n) is 3.91. The van der Waals surface area contributed by atoms with Crippen molar-refractivity contribution in [1.29, 1.82) is 0 Å². The molecule has 4 aromatic carbocycles. The summed E-state index contributed by atoms with van der Waals surface area (Å²) in [6.45, 7) is -0.619. The van der Waals surface area contributed by atoms with Crippen molar-refractivity contribution in [2.45, 2.75) is 24.0 Å². The predicted octanol–water partition coefficient (Wildman–Crippen LogP) is 5.72. The zero-order chi connectivity index (χ0) is 29.0. The standard InChI is InChI=1S/C24H20P.C4H4F6O3S/c1-5-13-21(14-6-1)25(22-15-7-2-8-16-22,23-17-9-3-10-18-23)24-19-11-4-12-20-24;1-2(5,6)3(7,8)4(9,10)14(11,12)13/h1-20H;1H3,(H,11,12,13)/q+1;/p-1. The fraction of sp³-hybridized carbons (Fsp3) is 0.143. The second-order valence-electron chi connectivity index (χ2n) is 8.45. The Morgan fingerprint density at radius 1 is 0.538 bits per heavy atom. The zero-order valence-electron chi connectivity index (χ0n) is 20.4. The molecule has 0 saturated carbocycles. The van der Waals surface area contributed by atoms with Gasteiger partial charge in [-0.25, -0.2) is 8.42 Å². The smallest absolute Gasteiger partial charge is 0.402 e. The van der Waals surface area contributed by atoms with Gasteiger partial charge in [0.15, 0.2) is 10.1 Å². The van der Waals surface area contributed by atoms with Gasteiger partial charge in [0.25, 0.3) is 0 Å². The molecule has 0 unspecified atom stereocenters. The third kappa shape index (κ3) is 5.88. The van der Waals surface area contributed by atoms with Crippen LogP contribution in [0.15, 0.2) is 121 Å². The predicted molar refractivity (Wildman–Crippen MR) is 141 cm³/mol. The lowest BCUT2D eigenvalue weighted by atomic mass is 10.2. The van der Waals surface area contributed by atoms with Gasteiger partial charge in [-0.05, 0) is 48.5 Å². The van der Waals surface area contributed by atoms with E-state index in [1.165, 1.54) is 21.2 Å². The maximum Gasteiger partial charge on any atom is 0.402 e. The van der Waals surface area contributed by atoms with E-state index in [2.05, 4.69) is 121 Å². The molecule has 0 atom stereocenters. The molecule has 0 saturated heterocycles. The van der Waals surface area contributed by atoms with Crippen molar-refractivity contribution in [1.82, 2.24) is 0 Å². The van der Waals surface area contributed by atoms with Crippen molar-refractivity contribution in [2.24, 2.45) is 0 Å². The fourth-order valence-corrected chi connectivity index (χ4v) is 8.67. The first-order valence-electron chi connectivity index (χ1n) is 11.4. The van der Waals surface area contributed by atoms with Crippen molar-refractivity contribution >= 4 is 38.6 Å². The van der Waals surface area contributed by atoms with Crippen molar-refractivity contribution in [3.05, 3.63) is 121 Å². The summed E-state index contributed by atoms with van der Waals surface area (Å²) >= 11 is 0. The molecule has 0 amide bonds. The summed E-state index contributed by atoms with van der Waals surface area (Å²) in [5, 5.41) is -0.799. The molecule has 206 valence electrons. The molecule has 0 heterocycles. The van der Waals surface area contributed by atoms with Gasteiger partial charge in [0.1, 0.15) is 28.5 Å². The maximum absolute atomic E-state index is 12.1. The first kappa shape index (κ1) is 30.3. The highest BCUT2D eigenvalue weighted by atomic mass is 32.2. The van der Waals surface area contributed by atoms with Gasteiger partial charge >= 0.3 is 17.1 Å². The molecule has 0 bridgehead atoms. The highest BCUT2D eigenvalue weighted by Crippen LogP contribution is 2.54. The number of benzene rings is 4. The van der Waals surface area contributed by atoms with Crippen LogP contribution in [0.2, 0.25) is 0 Å². The van der Waals surface area contributed by atoms with E-state index < -0.39 is 41.4 Å². The van der Waals surface area contributed by atoms with Crippen LogP contribution in [0.4, 0.5) is 26.3 Å². The van der Waals surface area contributed by atoms with Crippen LogP contribution in [0.25, 0.3) is 0 Å². The number of hydrogen-bond acceptors (Lipinski definition) is 3. The molecule has 0 N–H and O–H groups in total. The third-order valence-electron chi connectivity index (χ3n) is 5.80. The molecule has 11 heteroatoms. The number of hydrogen-bond donors (Lipinski definition) is 0. The highest BCUT2D eigenvalue weighted by molar-refractivity contribution is 8.01. The third-order valence-corrected chi connectivity index (χ3v) is 11.0. The molecule has 0 fully saturated rings. The van der Waals surface area contributed by atoms with Crippen LogP contribution in [0.3, 0.4) is 0 Å².